The van der Waals surface area contributed by atoms with Crippen LogP contribution < -0.4 is 0 Å². The molecule has 7 nitrogen and oxygen atoms in total. The van der Waals surface area contributed by atoms with Gasteiger partial charge >= 0.3 is 5.69 Å². The normalized spacial score (nSPS) is 13.7. The van der Waals surface area contributed by atoms with E-state index in [1.54, 1.807) is 6.92 Å². The molecule has 8 heteroatoms. The van der Waals surface area contributed by atoms with Crippen LogP contribution in [0.3, 0.4) is 0 Å². The van der Waals surface area contributed by atoms with Crippen molar-refractivity contribution in [1.29, 1.82) is 0 Å². The molecule has 0 aliphatic heterocycles. The van der Waals surface area contributed by atoms with E-state index in [1.807, 2.05) is 13.8 Å². The molecule has 20 heavy (non-hydrogen) atoms. The molecule has 0 radical (unpaired) electrons. The smallest absolute Gasteiger partial charge is 0.312 e. The van der Waals surface area contributed by atoms with Gasteiger partial charge in [-0.3, -0.25) is 10.1 Å². The van der Waals surface area contributed by atoms with Crippen LogP contribution in [-0.2, 0) is 10.0 Å². The third-order valence-electron chi connectivity index (χ3n) is 3.36. The fraction of sp³-hybridized carbons (Fsp3) is 0.500. The van der Waals surface area contributed by atoms with Gasteiger partial charge in [0.2, 0.25) is 10.0 Å². The summed E-state index contributed by atoms with van der Waals surface area (Å²) in [6, 6.07) is 2.78. The molecule has 0 saturated heterocycles. The Morgan fingerprint density at radius 1 is 1.30 bits per heavy atom. The predicted octanol–water partition coefficient (Wildman–Crippen LogP) is 1.97. The summed E-state index contributed by atoms with van der Waals surface area (Å²) in [6.07, 6.45) is 0. The van der Waals surface area contributed by atoms with Gasteiger partial charge in [0.05, 0.1) is 9.82 Å². The molecule has 1 N–H and O–H groups in total. The molecule has 0 fully saturated rings. The zero-order valence-electron chi connectivity index (χ0n) is 11.8. The number of benzene rings is 1. The second-order valence-electron chi connectivity index (χ2n) is 4.91. The third-order valence-corrected chi connectivity index (χ3v) is 5.30. The Hall–Kier alpha value is -1.67. The molecule has 0 aliphatic carbocycles. The van der Waals surface area contributed by atoms with E-state index in [9.17, 15) is 23.6 Å². The summed E-state index contributed by atoms with van der Waals surface area (Å²) in [5.41, 5.74) is -0.628. The van der Waals surface area contributed by atoms with Crippen molar-refractivity contribution in [3.05, 3.63) is 28.3 Å². The number of aromatic hydroxyl groups is 1. The van der Waals surface area contributed by atoms with Crippen LogP contribution in [0, 0.1) is 16.0 Å². The molecule has 1 aromatic carbocycles. The van der Waals surface area contributed by atoms with Crippen LogP contribution in [0.2, 0.25) is 0 Å². The lowest BCUT2D eigenvalue weighted by Crippen LogP contribution is -2.38. The minimum atomic E-state index is -3.84. The highest BCUT2D eigenvalue weighted by atomic mass is 32.2. The first-order valence-electron chi connectivity index (χ1n) is 6.04. The molecular weight excluding hydrogens is 284 g/mol. The number of hydrogen-bond acceptors (Lipinski definition) is 5. The van der Waals surface area contributed by atoms with Crippen molar-refractivity contribution in [2.45, 2.75) is 31.7 Å². The average molecular weight is 302 g/mol. The predicted molar refractivity (Wildman–Crippen MR) is 74.0 cm³/mol. The molecule has 1 aromatic rings. The minimum absolute atomic E-state index is 0.0990. The van der Waals surface area contributed by atoms with Crippen molar-refractivity contribution in [3.8, 4) is 5.75 Å². The largest absolute Gasteiger partial charge is 0.502 e. The number of phenols is 1. The van der Waals surface area contributed by atoms with Crippen LogP contribution in [0.5, 0.6) is 5.75 Å². The van der Waals surface area contributed by atoms with E-state index in [2.05, 4.69) is 0 Å². The summed E-state index contributed by atoms with van der Waals surface area (Å²) < 4.78 is 25.9. The molecule has 0 saturated carbocycles. The van der Waals surface area contributed by atoms with Gasteiger partial charge in [-0.25, -0.2) is 8.42 Å². The minimum Gasteiger partial charge on any atom is -0.502 e. The number of nitrogens with zero attached hydrogens (tertiary/aromatic N) is 2. The van der Waals surface area contributed by atoms with E-state index in [4.69, 9.17) is 0 Å². The van der Waals surface area contributed by atoms with Gasteiger partial charge in [0, 0.05) is 19.2 Å². The zero-order chi connectivity index (χ0) is 15.7. The van der Waals surface area contributed by atoms with Crippen molar-refractivity contribution < 1.29 is 18.4 Å². The fourth-order valence-electron chi connectivity index (χ4n) is 1.61. The monoisotopic (exact) mass is 302 g/mol. The number of hydrogen-bond donors (Lipinski definition) is 1. The molecule has 112 valence electrons. The summed E-state index contributed by atoms with van der Waals surface area (Å²) in [7, 11) is -2.41. The lowest BCUT2D eigenvalue weighted by molar-refractivity contribution is -0.386. The number of phenolic OH excluding ortho intramolecular Hbond substituents is 1. The quantitative estimate of drug-likeness (QED) is 0.662. The van der Waals surface area contributed by atoms with Crippen molar-refractivity contribution >= 4 is 15.7 Å². The highest BCUT2D eigenvalue weighted by Crippen LogP contribution is 2.30. The first kappa shape index (κ1) is 16.4. The lowest BCUT2D eigenvalue weighted by Gasteiger charge is -2.27. The van der Waals surface area contributed by atoms with Gasteiger partial charge in [-0.2, -0.15) is 4.31 Å². The molecule has 0 spiro atoms. The third kappa shape index (κ3) is 3.07. The molecule has 0 aliphatic rings. The van der Waals surface area contributed by atoms with Crippen molar-refractivity contribution in [3.63, 3.8) is 0 Å². The van der Waals surface area contributed by atoms with Crippen LogP contribution in [0.15, 0.2) is 23.1 Å². The maximum atomic E-state index is 12.4. The van der Waals surface area contributed by atoms with E-state index in [0.29, 0.717) is 0 Å². The summed E-state index contributed by atoms with van der Waals surface area (Å²) in [5, 5.41) is 20.1. The van der Waals surface area contributed by atoms with Gasteiger partial charge in [-0.1, -0.05) is 13.8 Å². The average Bonchev–Trinajstić information content (AvgIpc) is 2.36. The zero-order valence-corrected chi connectivity index (χ0v) is 12.6. The maximum Gasteiger partial charge on any atom is 0.312 e. The summed E-state index contributed by atoms with van der Waals surface area (Å²) >= 11 is 0. The molecule has 0 bridgehead atoms. The summed E-state index contributed by atoms with van der Waals surface area (Å²) in [6.45, 7) is 5.53. The van der Waals surface area contributed by atoms with Gasteiger partial charge in [-0.05, 0) is 25.0 Å². The molecule has 1 unspecified atom stereocenters. The topological polar surface area (TPSA) is 101 Å². The second kappa shape index (κ2) is 5.76. The van der Waals surface area contributed by atoms with Crippen LogP contribution in [0.4, 0.5) is 5.69 Å². The van der Waals surface area contributed by atoms with Crippen LogP contribution in [0.25, 0.3) is 0 Å². The number of sulfonamides is 1. The molecule has 0 heterocycles. The first-order valence-corrected chi connectivity index (χ1v) is 7.48. The number of nitro benzene ring substituents is 1. The first-order chi connectivity index (χ1) is 9.09. The Morgan fingerprint density at radius 2 is 1.85 bits per heavy atom. The highest BCUT2D eigenvalue weighted by molar-refractivity contribution is 7.89. The molecule has 0 aromatic heterocycles. The van der Waals surface area contributed by atoms with Crippen molar-refractivity contribution in [1.82, 2.24) is 4.31 Å². The van der Waals surface area contributed by atoms with Crippen molar-refractivity contribution in [2.75, 3.05) is 7.05 Å². The standard InChI is InChI=1S/C12H18N2O5S/c1-8(2)9(3)13(4)20(18,19)10-5-6-12(15)11(7-10)14(16)17/h5-9,15H,1-4H3. The Bertz CT molecular complexity index is 612. The van der Waals surface area contributed by atoms with Crippen LogP contribution in [-0.4, -0.2) is 35.8 Å². The Balaban J connectivity index is 3.30. The van der Waals surface area contributed by atoms with Crippen molar-refractivity contribution in [2.24, 2.45) is 5.92 Å². The van der Waals surface area contributed by atoms with E-state index >= 15 is 0 Å². The highest BCUT2D eigenvalue weighted by Gasteiger charge is 2.29. The Kier molecular flexibility index (Phi) is 4.72. The molecule has 1 rings (SSSR count). The van der Waals surface area contributed by atoms with Gasteiger partial charge in [0.25, 0.3) is 0 Å². The summed E-state index contributed by atoms with van der Waals surface area (Å²) in [4.78, 5) is 9.72. The molecule has 0 amide bonds. The maximum absolute atomic E-state index is 12.4. The fourth-order valence-corrected chi connectivity index (χ4v) is 3.13. The molecule has 1 atom stereocenters. The van der Waals surface area contributed by atoms with E-state index in [1.165, 1.54) is 11.4 Å². The van der Waals surface area contributed by atoms with E-state index in [0.717, 1.165) is 18.2 Å². The van der Waals surface area contributed by atoms with Gasteiger partial charge in [0.15, 0.2) is 5.75 Å². The van der Waals surface area contributed by atoms with Crippen LogP contribution in [0.1, 0.15) is 20.8 Å². The SMILES string of the molecule is CC(C)C(C)N(C)S(=O)(=O)c1ccc(O)c([N+](=O)[O-])c1. The van der Waals surface area contributed by atoms with Gasteiger partial charge < -0.3 is 5.11 Å². The summed E-state index contributed by atoms with van der Waals surface area (Å²) in [5.74, 6) is -0.463. The van der Waals surface area contributed by atoms with E-state index in [-0.39, 0.29) is 16.9 Å². The molecular formula is C12H18N2O5S. The number of rotatable bonds is 5. The number of nitro groups is 1. The van der Waals surface area contributed by atoms with Crippen LogP contribution >= 0.6 is 0 Å². The lowest BCUT2D eigenvalue weighted by atomic mass is 10.1. The van der Waals surface area contributed by atoms with Gasteiger partial charge in [-0.15, -0.1) is 0 Å². The Labute approximate surface area is 118 Å². The van der Waals surface area contributed by atoms with Gasteiger partial charge in [0.1, 0.15) is 0 Å². The second-order valence-corrected chi connectivity index (χ2v) is 6.91. The van der Waals surface area contributed by atoms with E-state index < -0.39 is 26.4 Å². The Morgan fingerprint density at radius 3 is 2.30 bits per heavy atom.